The topological polar surface area (TPSA) is 91.5 Å². The standard InChI is InChI=1S/C20H34N4O4/c1-4-22(5-2)14-17(25)15-28-19-12-16(6-7-18(19)27-3)13-23-8-10-24(11-9-23)20(21)26/h6-7,12,17,25H,4-5,8-11,13-15H2,1-3H3,(H2,21,26)/t17-/m1/s1. The number of primary amides is 1. The fourth-order valence-corrected chi connectivity index (χ4v) is 3.34. The van der Waals surface area contributed by atoms with Crippen LogP contribution >= 0.6 is 0 Å². The van der Waals surface area contributed by atoms with E-state index in [1.54, 1.807) is 12.0 Å². The molecule has 1 atom stereocenters. The summed E-state index contributed by atoms with van der Waals surface area (Å²) in [7, 11) is 1.61. The number of likely N-dealkylation sites (N-methyl/N-ethyl adjacent to an activating group) is 1. The average molecular weight is 395 g/mol. The number of hydrogen-bond donors (Lipinski definition) is 2. The van der Waals surface area contributed by atoms with Crippen molar-refractivity contribution >= 4 is 6.03 Å². The van der Waals surface area contributed by atoms with Crippen molar-refractivity contribution in [3.63, 3.8) is 0 Å². The monoisotopic (exact) mass is 394 g/mol. The Hall–Kier alpha value is -2.03. The zero-order valence-corrected chi connectivity index (χ0v) is 17.3. The van der Waals surface area contributed by atoms with E-state index in [-0.39, 0.29) is 12.6 Å². The average Bonchev–Trinajstić information content (AvgIpc) is 2.71. The Labute approximate surface area is 167 Å². The van der Waals surface area contributed by atoms with Gasteiger partial charge in [0.05, 0.1) is 7.11 Å². The summed E-state index contributed by atoms with van der Waals surface area (Å²) >= 11 is 0. The molecule has 8 nitrogen and oxygen atoms in total. The molecule has 0 aliphatic carbocycles. The molecule has 0 aromatic heterocycles. The fraction of sp³-hybridized carbons (Fsp3) is 0.650. The van der Waals surface area contributed by atoms with Crippen molar-refractivity contribution in [3.05, 3.63) is 23.8 Å². The molecule has 1 aromatic carbocycles. The number of aliphatic hydroxyl groups is 1. The van der Waals surface area contributed by atoms with Gasteiger partial charge in [-0.25, -0.2) is 4.79 Å². The Morgan fingerprint density at radius 3 is 2.46 bits per heavy atom. The van der Waals surface area contributed by atoms with E-state index in [0.29, 0.717) is 31.1 Å². The number of benzene rings is 1. The Morgan fingerprint density at radius 2 is 1.89 bits per heavy atom. The molecule has 0 unspecified atom stereocenters. The third-order valence-corrected chi connectivity index (χ3v) is 5.11. The van der Waals surface area contributed by atoms with E-state index in [1.807, 2.05) is 18.2 Å². The van der Waals surface area contributed by atoms with Crippen LogP contribution in [0, 0.1) is 0 Å². The van der Waals surface area contributed by atoms with Gasteiger partial charge in [-0.3, -0.25) is 4.90 Å². The van der Waals surface area contributed by atoms with Crippen molar-refractivity contribution in [1.29, 1.82) is 0 Å². The van der Waals surface area contributed by atoms with Crippen molar-refractivity contribution in [2.45, 2.75) is 26.5 Å². The first-order valence-corrected chi connectivity index (χ1v) is 9.93. The number of carbonyl (C=O) groups excluding carboxylic acids is 1. The molecular weight excluding hydrogens is 360 g/mol. The summed E-state index contributed by atoms with van der Waals surface area (Å²) in [6.45, 7) is 10.4. The minimum absolute atomic E-state index is 0.216. The second-order valence-electron chi connectivity index (χ2n) is 7.04. The van der Waals surface area contributed by atoms with Crippen LogP contribution < -0.4 is 15.2 Å². The first kappa shape index (κ1) is 22.3. The van der Waals surface area contributed by atoms with Crippen molar-refractivity contribution in [2.24, 2.45) is 5.73 Å². The lowest BCUT2D eigenvalue weighted by Gasteiger charge is -2.33. The van der Waals surface area contributed by atoms with E-state index in [2.05, 4.69) is 23.6 Å². The van der Waals surface area contributed by atoms with Gasteiger partial charge in [-0.15, -0.1) is 0 Å². The maximum absolute atomic E-state index is 11.2. The molecule has 0 spiro atoms. The maximum Gasteiger partial charge on any atom is 0.314 e. The summed E-state index contributed by atoms with van der Waals surface area (Å²) in [5, 5.41) is 10.2. The summed E-state index contributed by atoms with van der Waals surface area (Å²) in [5.74, 6) is 1.28. The summed E-state index contributed by atoms with van der Waals surface area (Å²) in [5.41, 5.74) is 6.44. The maximum atomic E-state index is 11.2. The van der Waals surface area contributed by atoms with Gasteiger partial charge in [-0.1, -0.05) is 19.9 Å². The number of urea groups is 1. The lowest BCUT2D eigenvalue weighted by molar-refractivity contribution is 0.0705. The molecule has 1 aliphatic rings. The largest absolute Gasteiger partial charge is 0.493 e. The number of methoxy groups -OCH3 is 1. The molecule has 0 bridgehead atoms. The number of amides is 2. The van der Waals surface area contributed by atoms with Crippen molar-refractivity contribution < 1.29 is 19.4 Å². The van der Waals surface area contributed by atoms with Gasteiger partial charge in [-0.05, 0) is 30.8 Å². The third-order valence-electron chi connectivity index (χ3n) is 5.11. The first-order chi connectivity index (χ1) is 13.5. The number of nitrogens with zero attached hydrogens (tertiary/aromatic N) is 3. The van der Waals surface area contributed by atoms with Crippen LogP contribution in [0.2, 0.25) is 0 Å². The smallest absolute Gasteiger partial charge is 0.314 e. The number of nitrogens with two attached hydrogens (primary N) is 1. The molecule has 28 heavy (non-hydrogen) atoms. The molecular formula is C20H34N4O4. The predicted octanol–water partition coefficient (Wildman–Crippen LogP) is 0.973. The fourth-order valence-electron chi connectivity index (χ4n) is 3.34. The molecule has 0 radical (unpaired) electrons. The van der Waals surface area contributed by atoms with Crippen LogP contribution in [0.4, 0.5) is 4.79 Å². The molecule has 1 fully saturated rings. The summed E-state index contributed by atoms with van der Waals surface area (Å²) in [6, 6.07) is 5.51. The highest BCUT2D eigenvalue weighted by Crippen LogP contribution is 2.29. The quantitative estimate of drug-likeness (QED) is 0.615. The van der Waals surface area contributed by atoms with Crippen molar-refractivity contribution in [3.8, 4) is 11.5 Å². The van der Waals surface area contributed by atoms with Gasteiger partial charge in [0.25, 0.3) is 0 Å². The highest BCUT2D eigenvalue weighted by atomic mass is 16.5. The molecule has 2 rings (SSSR count). The minimum atomic E-state index is -0.560. The molecule has 1 heterocycles. The van der Waals surface area contributed by atoms with Crippen LogP contribution in [0.25, 0.3) is 0 Å². The summed E-state index contributed by atoms with van der Waals surface area (Å²) < 4.78 is 11.3. The van der Waals surface area contributed by atoms with E-state index >= 15 is 0 Å². The van der Waals surface area contributed by atoms with Gasteiger partial charge in [0, 0.05) is 39.3 Å². The second-order valence-corrected chi connectivity index (χ2v) is 7.04. The van der Waals surface area contributed by atoms with Crippen molar-refractivity contribution in [1.82, 2.24) is 14.7 Å². The third kappa shape index (κ3) is 6.54. The van der Waals surface area contributed by atoms with Gasteiger partial charge in [-0.2, -0.15) is 0 Å². The molecule has 1 aliphatic heterocycles. The number of ether oxygens (including phenoxy) is 2. The van der Waals surface area contributed by atoms with E-state index in [9.17, 15) is 9.90 Å². The van der Waals surface area contributed by atoms with Gasteiger partial charge < -0.3 is 30.1 Å². The number of carbonyl (C=O) groups is 1. The SMILES string of the molecule is CCN(CC)C[C@@H](O)COc1cc(CN2CCN(C(N)=O)CC2)ccc1OC. The van der Waals surface area contributed by atoms with Crippen molar-refractivity contribution in [2.75, 3.05) is 59.5 Å². The first-order valence-electron chi connectivity index (χ1n) is 9.93. The van der Waals surface area contributed by atoms with Gasteiger partial charge in [0.15, 0.2) is 11.5 Å². The predicted molar refractivity (Wildman–Crippen MR) is 109 cm³/mol. The Bertz CT molecular complexity index is 616. The summed E-state index contributed by atoms with van der Waals surface area (Å²) in [4.78, 5) is 17.3. The molecule has 1 aromatic rings. The van der Waals surface area contributed by atoms with Crippen LogP contribution in [0.3, 0.4) is 0 Å². The van der Waals surface area contributed by atoms with Gasteiger partial charge in [0.1, 0.15) is 12.7 Å². The molecule has 1 saturated heterocycles. The molecule has 0 saturated carbocycles. The molecule has 8 heteroatoms. The normalized spacial score (nSPS) is 16.2. The van der Waals surface area contributed by atoms with Crippen LogP contribution in [0.5, 0.6) is 11.5 Å². The van der Waals surface area contributed by atoms with E-state index in [1.165, 1.54) is 0 Å². The van der Waals surface area contributed by atoms with Crippen LogP contribution in [0.1, 0.15) is 19.4 Å². The lowest BCUT2D eigenvalue weighted by Crippen LogP contribution is -2.50. The zero-order valence-electron chi connectivity index (χ0n) is 17.3. The molecule has 3 N–H and O–H groups in total. The number of hydrogen-bond acceptors (Lipinski definition) is 6. The van der Waals surface area contributed by atoms with E-state index in [4.69, 9.17) is 15.2 Å². The van der Waals surface area contributed by atoms with E-state index in [0.717, 1.165) is 38.3 Å². The minimum Gasteiger partial charge on any atom is -0.493 e. The molecule has 2 amide bonds. The Balaban J connectivity index is 1.93. The zero-order chi connectivity index (χ0) is 20.5. The van der Waals surface area contributed by atoms with Crippen LogP contribution in [-0.2, 0) is 6.54 Å². The number of rotatable bonds is 10. The molecule has 158 valence electrons. The van der Waals surface area contributed by atoms with Gasteiger partial charge >= 0.3 is 6.03 Å². The number of piperazine rings is 1. The second kappa shape index (κ2) is 11.1. The van der Waals surface area contributed by atoms with Crippen LogP contribution in [0.15, 0.2) is 18.2 Å². The Kier molecular flexibility index (Phi) is 8.82. The number of aliphatic hydroxyl groups excluding tert-OH is 1. The van der Waals surface area contributed by atoms with Gasteiger partial charge in [0.2, 0.25) is 0 Å². The van der Waals surface area contributed by atoms with Crippen LogP contribution in [-0.4, -0.2) is 91.5 Å². The lowest BCUT2D eigenvalue weighted by atomic mass is 10.1. The summed E-state index contributed by atoms with van der Waals surface area (Å²) in [6.07, 6.45) is -0.560. The highest BCUT2D eigenvalue weighted by molar-refractivity contribution is 5.72. The Morgan fingerprint density at radius 1 is 1.21 bits per heavy atom. The highest BCUT2D eigenvalue weighted by Gasteiger charge is 2.20. The van der Waals surface area contributed by atoms with E-state index < -0.39 is 6.10 Å².